The van der Waals surface area contributed by atoms with E-state index in [-0.39, 0.29) is 10.3 Å². The molecule has 1 aromatic carbocycles. The van der Waals surface area contributed by atoms with Crippen LogP contribution in [0, 0.1) is 0 Å². The number of thiophene rings is 1. The second kappa shape index (κ2) is 6.76. The monoisotopic (exact) mass is 332 g/mol. The molecule has 0 amide bonds. The highest BCUT2D eigenvalue weighted by Crippen LogP contribution is 2.24. The van der Waals surface area contributed by atoms with Gasteiger partial charge in [-0.2, -0.15) is 0 Å². The van der Waals surface area contributed by atoms with E-state index in [0.29, 0.717) is 17.2 Å². The van der Waals surface area contributed by atoms with Crippen LogP contribution in [0.25, 0.3) is 0 Å². The van der Waals surface area contributed by atoms with Crippen molar-refractivity contribution in [3.63, 3.8) is 0 Å². The van der Waals surface area contributed by atoms with Gasteiger partial charge in [-0.05, 0) is 29.1 Å². The summed E-state index contributed by atoms with van der Waals surface area (Å²) in [5.74, 6) is 1.28. The summed E-state index contributed by atoms with van der Waals surface area (Å²) in [4.78, 5) is 12.6. The van der Waals surface area contributed by atoms with E-state index in [1.807, 2.05) is 35.7 Å². The maximum atomic E-state index is 11.9. The van der Waals surface area contributed by atoms with Crippen LogP contribution in [-0.4, -0.2) is 22.4 Å². The predicted octanol–water partition coefficient (Wildman–Crippen LogP) is 3.66. The molecule has 0 aliphatic heterocycles. The van der Waals surface area contributed by atoms with Gasteiger partial charge in [-0.1, -0.05) is 18.2 Å². The lowest BCUT2D eigenvalue weighted by Crippen LogP contribution is -1.89. The van der Waals surface area contributed by atoms with Gasteiger partial charge >= 0.3 is 0 Å². The van der Waals surface area contributed by atoms with Crippen LogP contribution in [0.3, 0.4) is 0 Å². The fourth-order valence-corrected chi connectivity index (χ4v) is 3.17. The maximum Gasteiger partial charge on any atom is 0.284 e. The van der Waals surface area contributed by atoms with E-state index in [1.165, 1.54) is 11.3 Å². The van der Waals surface area contributed by atoms with E-state index in [2.05, 4.69) is 10.2 Å². The molecule has 5 nitrogen and oxygen atoms in total. The number of carbonyl (C=O) groups excluding carboxylic acids is 1. The second-order valence-electron chi connectivity index (χ2n) is 4.35. The Morgan fingerprint density at radius 1 is 1.27 bits per heavy atom. The standard InChI is InChI=1S/C15H12N2O3S2/c1-19-11-6-4-10(5-7-11)9-13-16-17-15(20-13)22-14(18)12-3-2-8-21-12/h2-8H,9H2,1H3. The Balaban J connectivity index is 1.64. The van der Waals surface area contributed by atoms with Crippen molar-refractivity contribution < 1.29 is 13.9 Å². The Labute approximate surface area is 135 Å². The van der Waals surface area contributed by atoms with Crippen molar-refractivity contribution in [2.45, 2.75) is 11.6 Å². The minimum absolute atomic E-state index is 0.0883. The normalized spacial score (nSPS) is 10.6. The largest absolute Gasteiger partial charge is 0.497 e. The summed E-state index contributed by atoms with van der Waals surface area (Å²) >= 11 is 2.34. The first-order valence-electron chi connectivity index (χ1n) is 6.45. The summed E-state index contributed by atoms with van der Waals surface area (Å²) in [5.41, 5.74) is 1.03. The van der Waals surface area contributed by atoms with Gasteiger partial charge < -0.3 is 9.15 Å². The molecule has 112 valence electrons. The molecule has 2 aromatic heterocycles. The van der Waals surface area contributed by atoms with Gasteiger partial charge in [0.1, 0.15) is 5.75 Å². The molecule has 0 fully saturated rings. The van der Waals surface area contributed by atoms with Gasteiger partial charge in [0, 0.05) is 11.8 Å². The number of aromatic nitrogens is 2. The summed E-state index contributed by atoms with van der Waals surface area (Å²) < 4.78 is 10.6. The highest BCUT2D eigenvalue weighted by atomic mass is 32.2. The quantitative estimate of drug-likeness (QED) is 0.664. The van der Waals surface area contributed by atoms with Crippen LogP contribution in [-0.2, 0) is 6.42 Å². The number of rotatable bonds is 5. The molecule has 0 unspecified atom stereocenters. The molecular weight excluding hydrogens is 320 g/mol. The molecular formula is C15H12N2O3S2. The fourth-order valence-electron chi connectivity index (χ4n) is 1.79. The lowest BCUT2D eigenvalue weighted by atomic mass is 10.1. The SMILES string of the molecule is COc1ccc(Cc2nnc(SC(=O)c3cccs3)o2)cc1. The Hall–Kier alpha value is -2.12. The first-order chi connectivity index (χ1) is 10.7. The summed E-state index contributed by atoms with van der Waals surface area (Å²) in [6.45, 7) is 0. The van der Waals surface area contributed by atoms with Crippen LogP contribution in [0.4, 0.5) is 0 Å². The van der Waals surface area contributed by atoms with Gasteiger partial charge in [-0.25, -0.2) is 0 Å². The zero-order valence-corrected chi connectivity index (χ0v) is 13.3. The minimum Gasteiger partial charge on any atom is -0.497 e. The number of methoxy groups -OCH3 is 1. The molecule has 0 aliphatic rings. The third-order valence-electron chi connectivity index (χ3n) is 2.87. The number of benzene rings is 1. The summed E-state index contributed by atoms with van der Waals surface area (Å²) in [7, 11) is 1.63. The van der Waals surface area contributed by atoms with Crippen molar-refractivity contribution in [3.8, 4) is 5.75 Å². The highest BCUT2D eigenvalue weighted by Gasteiger charge is 2.15. The van der Waals surface area contributed by atoms with E-state index >= 15 is 0 Å². The lowest BCUT2D eigenvalue weighted by Gasteiger charge is -2.00. The van der Waals surface area contributed by atoms with Crippen molar-refractivity contribution in [1.82, 2.24) is 10.2 Å². The van der Waals surface area contributed by atoms with Gasteiger partial charge in [-0.15, -0.1) is 21.5 Å². The van der Waals surface area contributed by atoms with E-state index in [4.69, 9.17) is 9.15 Å². The number of ether oxygens (including phenoxy) is 1. The summed E-state index contributed by atoms with van der Waals surface area (Å²) in [6, 6.07) is 11.2. The van der Waals surface area contributed by atoms with Crippen molar-refractivity contribution in [2.24, 2.45) is 0 Å². The molecule has 3 rings (SSSR count). The van der Waals surface area contributed by atoms with Crippen LogP contribution < -0.4 is 4.74 Å². The molecule has 0 aliphatic carbocycles. The Morgan fingerprint density at radius 3 is 2.77 bits per heavy atom. The molecule has 0 saturated carbocycles. The third kappa shape index (κ3) is 3.55. The predicted molar refractivity (Wildman–Crippen MR) is 84.6 cm³/mol. The van der Waals surface area contributed by atoms with Gasteiger partial charge in [-0.3, -0.25) is 4.79 Å². The average molecular weight is 332 g/mol. The van der Waals surface area contributed by atoms with Crippen LogP contribution in [0.2, 0.25) is 0 Å². The van der Waals surface area contributed by atoms with Crippen molar-refractivity contribution in [2.75, 3.05) is 7.11 Å². The molecule has 0 N–H and O–H groups in total. The molecule has 0 atom stereocenters. The van der Waals surface area contributed by atoms with Crippen LogP contribution in [0.1, 0.15) is 21.1 Å². The van der Waals surface area contributed by atoms with E-state index in [1.54, 1.807) is 13.2 Å². The Kier molecular flexibility index (Phi) is 4.55. The average Bonchev–Trinajstić information content (AvgIpc) is 3.20. The highest BCUT2D eigenvalue weighted by molar-refractivity contribution is 8.14. The molecule has 3 aromatic rings. The molecule has 0 bridgehead atoms. The first-order valence-corrected chi connectivity index (χ1v) is 8.15. The van der Waals surface area contributed by atoms with Crippen LogP contribution in [0.15, 0.2) is 51.4 Å². The number of thioether (sulfide) groups is 1. The topological polar surface area (TPSA) is 65.2 Å². The van der Waals surface area contributed by atoms with Gasteiger partial charge in [0.2, 0.25) is 11.0 Å². The van der Waals surface area contributed by atoms with Crippen LogP contribution in [0.5, 0.6) is 5.75 Å². The van der Waals surface area contributed by atoms with E-state index in [0.717, 1.165) is 23.1 Å². The van der Waals surface area contributed by atoms with Crippen molar-refractivity contribution in [3.05, 3.63) is 58.1 Å². The smallest absolute Gasteiger partial charge is 0.284 e. The fraction of sp³-hybridized carbons (Fsp3) is 0.133. The minimum atomic E-state index is -0.0883. The number of hydrogen-bond donors (Lipinski definition) is 0. The molecule has 2 heterocycles. The first kappa shape index (κ1) is 14.8. The van der Waals surface area contributed by atoms with Gasteiger partial charge in [0.25, 0.3) is 5.22 Å². The molecule has 0 spiro atoms. The summed E-state index contributed by atoms with van der Waals surface area (Å²) in [5, 5.41) is 9.91. The zero-order chi connectivity index (χ0) is 15.4. The Morgan fingerprint density at radius 2 is 2.09 bits per heavy atom. The van der Waals surface area contributed by atoms with Crippen molar-refractivity contribution in [1.29, 1.82) is 0 Å². The van der Waals surface area contributed by atoms with Crippen molar-refractivity contribution >= 4 is 28.2 Å². The number of carbonyl (C=O) groups is 1. The third-order valence-corrected chi connectivity index (χ3v) is 4.61. The van der Waals surface area contributed by atoms with Gasteiger partial charge in [0.15, 0.2) is 0 Å². The summed E-state index contributed by atoms with van der Waals surface area (Å²) in [6.07, 6.45) is 0.519. The Bertz CT molecular complexity index is 751. The molecule has 0 saturated heterocycles. The lowest BCUT2D eigenvalue weighted by molar-refractivity contribution is 0.109. The number of nitrogens with zero attached hydrogens (tertiary/aromatic N) is 2. The van der Waals surface area contributed by atoms with E-state index < -0.39 is 0 Å². The van der Waals surface area contributed by atoms with E-state index in [9.17, 15) is 4.79 Å². The van der Waals surface area contributed by atoms with Gasteiger partial charge in [0.05, 0.1) is 18.4 Å². The molecule has 7 heteroatoms. The molecule has 0 radical (unpaired) electrons. The zero-order valence-electron chi connectivity index (χ0n) is 11.7. The molecule has 22 heavy (non-hydrogen) atoms. The number of hydrogen-bond acceptors (Lipinski definition) is 7. The second-order valence-corrected chi connectivity index (χ2v) is 6.23. The van der Waals surface area contributed by atoms with Crippen LogP contribution >= 0.6 is 23.1 Å². The maximum absolute atomic E-state index is 11.9.